The summed E-state index contributed by atoms with van der Waals surface area (Å²) in [6.07, 6.45) is -1.05. The van der Waals surface area contributed by atoms with Crippen LogP contribution < -0.4 is 49.9 Å². The first-order valence-corrected chi connectivity index (χ1v) is 17.8. The Balaban J connectivity index is 3.22. The first kappa shape index (κ1) is 46.8. The lowest BCUT2D eigenvalue weighted by molar-refractivity contribution is -0.150. The molecule has 1 heterocycles. The quantitative estimate of drug-likeness (QED) is 0.0251. The van der Waals surface area contributed by atoms with Crippen LogP contribution in [-0.2, 0) is 33.6 Å². The minimum atomic E-state index is -1.69. The zero-order valence-electron chi connectivity index (χ0n) is 31.0. The van der Waals surface area contributed by atoms with E-state index in [0.717, 1.165) is 4.90 Å². The third kappa shape index (κ3) is 17.1. The molecule has 0 bridgehead atoms. The number of amides is 5. The van der Waals surface area contributed by atoms with Crippen molar-refractivity contribution in [3.05, 3.63) is 0 Å². The van der Waals surface area contributed by atoms with Crippen LogP contribution in [0.1, 0.15) is 78.6 Å². The normalized spacial score (nSPS) is 17.1. The second-order valence-corrected chi connectivity index (χ2v) is 13.5. The number of aliphatic carboxylic acids is 2. The number of aliphatic imine (C=N–C) groups is 2. The SMILES string of the molecule is CC(C)C[C@H](NC(=O)[C@H](CCCN=C(N)N)NC(=O)[C@@H](N)CCCN=C(N)N)C(=O)N[C@H](C(=O)N[C@@H](CCC(=O)O)C(=O)N1CCC[C@H]1C(=O)O)[C@@H](C)O. The molecule has 22 nitrogen and oxygen atoms in total. The Labute approximate surface area is 313 Å². The van der Waals surface area contributed by atoms with Gasteiger partial charge >= 0.3 is 11.9 Å². The van der Waals surface area contributed by atoms with Crippen LogP contribution in [0.25, 0.3) is 0 Å². The van der Waals surface area contributed by atoms with Crippen molar-refractivity contribution in [2.75, 3.05) is 19.6 Å². The molecule has 0 spiro atoms. The zero-order chi connectivity index (χ0) is 41.1. The van der Waals surface area contributed by atoms with Crippen LogP contribution in [-0.4, -0.2) is 136 Å². The van der Waals surface area contributed by atoms with Gasteiger partial charge in [0.2, 0.25) is 29.5 Å². The van der Waals surface area contributed by atoms with Crippen molar-refractivity contribution in [1.29, 1.82) is 0 Å². The molecule has 1 fully saturated rings. The highest BCUT2D eigenvalue weighted by Gasteiger charge is 2.39. The standard InChI is InChI=1S/C32H58N12O10/c1-16(2)15-21(42-26(49)19(8-5-13-39-32(36)37)40-25(48)18(33)7-4-12-38-31(34)35)27(50)43-24(17(3)45)28(51)41-20(10-11-23(46)47)29(52)44-14-6-9-22(44)30(53)54/h16-22,24,45H,4-15,33H2,1-3H3,(H,40,48)(H,41,51)(H,42,49)(H,43,50)(H,46,47)(H,53,54)(H4,34,35,38)(H4,36,37,39)/t17-,18+,19+,20+,21+,22+,24+/m1/s1. The van der Waals surface area contributed by atoms with Gasteiger partial charge in [-0.25, -0.2) is 4.79 Å². The number of aliphatic hydroxyl groups excluding tert-OH is 1. The summed E-state index contributed by atoms with van der Waals surface area (Å²) in [5, 5.41) is 39.3. The summed E-state index contributed by atoms with van der Waals surface area (Å²) < 4.78 is 0. The second-order valence-electron chi connectivity index (χ2n) is 13.5. The maximum atomic E-state index is 13.7. The Morgan fingerprint density at radius 2 is 1.28 bits per heavy atom. The van der Waals surface area contributed by atoms with E-state index in [2.05, 4.69) is 31.3 Å². The van der Waals surface area contributed by atoms with E-state index in [0.29, 0.717) is 12.8 Å². The molecule has 1 saturated heterocycles. The Morgan fingerprint density at radius 1 is 0.741 bits per heavy atom. The third-order valence-electron chi connectivity index (χ3n) is 8.37. The van der Waals surface area contributed by atoms with E-state index in [1.54, 1.807) is 13.8 Å². The van der Waals surface area contributed by atoms with Crippen LogP contribution in [0.2, 0.25) is 0 Å². The second kappa shape index (κ2) is 23.4. The number of hydrogen-bond acceptors (Lipinski definition) is 11. The zero-order valence-corrected chi connectivity index (χ0v) is 31.0. The van der Waals surface area contributed by atoms with Crippen molar-refractivity contribution in [2.45, 2.75) is 121 Å². The molecule has 0 radical (unpaired) electrons. The number of rotatable bonds is 24. The first-order chi connectivity index (χ1) is 25.2. The maximum absolute atomic E-state index is 13.7. The van der Waals surface area contributed by atoms with Gasteiger partial charge in [-0.15, -0.1) is 0 Å². The first-order valence-electron chi connectivity index (χ1n) is 17.8. The molecule has 1 aliphatic heterocycles. The fourth-order valence-corrected chi connectivity index (χ4v) is 5.61. The number of nitrogens with two attached hydrogens (primary N) is 5. The molecule has 0 aliphatic carbocycles. The van der Waals surface area contributed by atoms with Crippen LogP contribution in [0, 0.1) is 5.92 Å². The third-order valence-corrected chi connectivity index (χ3v) is 8.37. The summed E-state index contributed by atoms with van der Waals surface area (Å²) in [7, 11) is 0. The summed E-state index contributed by atoms with van der Waals surface area (Å²) in [6, 6.07) is -7.86. The summed E-state index contributed by atoms with van der Waals surface area (Å²) in [5.74, 6) is -7.20. The van der Waals surface area contributed by atoms with E-state index >= 15 is 0 Å². The number of aliphatic hydroxyl groups is 1. The highest BCUT2D eigenvalue weighted by molar-refractivity contribution is 5.96. The fourth-order valence-electron chi connectivity index (χ4n) is 5.61. The summed E-state index contributed by atoms with van der Waals surface area (Å²) in [5.41, 5.74) is 27.4. The van der Waals surface area contributed by atoms with E-state index in [-0.39, 0.29) is 69.6 Å². The van der Waals surface area contributed by atoms with Gasteiger partial charge < -0.3 is 70.2 Å². The van der Waals surface area contributed by atoms with Crippen LogP contribution >= 0.6 is 0 Å². The van der Waals surface area contributed by atoms with Gasteiger partial charge in [0.15, 0.2) is 11.9 Å². The predicted molar refractivity (Wildman–Crippen MR) is 196 cm³/mol. The minimum Gasteiger partial charge on any atom is -0.481 e. The number of carbonyl (C=O) groups excluding carboxylic acids is 5. The molecule has 17 N–H and O–H groups in total. The Bertz CT molecular complexity index is 1370. The van der Waals surface area contributed by atoms with Crippen LogP contribution in [0.3, 0.4) is 0 Å². The van der Waals surface area contributed by atoms with Crippen LogP contribution in [0.4, 0.5) is 0 Å². The Kier molecular flexibility index (Phi) is 20.3. The van der Waals surface area contributed by atoms with Gasteiger partial charge in [0.05, 0.1) is 12.1 Å². The van der Waals surface area contributed by atoms with Gasteiger partial charge in [-0.2, -0.15) is 0 Å². The van der Waals surface area contributed by atoms with E-state index < -0.39 is 96.7 Å². The molecule has 54 heavy (non-hydrogen) atoms. The average Bonchev–Trinajstić information content (AvgIpc) is 3.57. The molecule has 306 valence electrons. The maximum Gasteiger partial charge on any atom is 0.326 e. The van der Waals surface area contributed by atoms with Crippen molar-refractivity contribution in [1.82, 2.24) is 26.2 Å². The lowest BCUT2D eigenvalue weighted by Crippen LogP contribution is -2.61. The van der Waals surface area contributed by atoms with Crippen molar-refractivity contribution >= 4 is 53.4 Å². The van der Waals surface area contributed by atoms with E-state index in [1.165, 1.54) is 6.92 Å². The lowest BCUT2D eigenvalue weighted by Gasteiger charge is -2.30. The van der Waals surface area contributed by atoms with Crippen molar-refractivity contribution in [2.24, 2.45) is 44.6 Å². The Hall–Kier alpha value is -5.25. The smallest absolute Gasteiger partial charge is 0.326 e. The van der Waals surface area contributed by atoms with Crippen molar-refractivity contribution < 1.29 is 48.9 Å². The number of carboxylic acid groups (broad SMARTS) is 2. The highest BCUT2D eigenvalue weighted by atomic mass is 16.4. The molecule has 7 atom stereocenters. The van der Waals surface area contributed by atoms with E-state index in [1.807, 2.05) is 0 Å². The van der Waals surface area contributed by atoms with Gasteiger partial charge in [0.1, 0.15) is 30.2 Å². The van der Waals surface area contributed by atoms with Crippen LogP contribution in [0.5, 0.6) is 0 Å². The molecule has 0 unspecified atom stereocenters. The molecule has 0 aromatic carbocycles. The average molecular weight is 771 g/mol. The number of likely N-dealkylation sites (tertiary alicyclic amines) is 1. The summed E-state index contributed by atoms with van der Waals surface area (Å²) in [4.78, 5) is 98.9. The number of carboxylic acids is 2. The number of nitrogens with zero attached hydrogens (tertiary/aromatic N) is 3. The Morgan fingerprint density at radius 3 is 1.80 bits per heavy atom. The summed E-state index contributed by atoms with van der Waals surface area (Å²) in [6.45, 7) is 5.15. The fraction of sp³-hybridized carbons (Fsp3) is 0.719. The molecule has 0 aromatic rings. The van der Waals surface area contributed by atoms with Gasteiger partial charge in [0, 0.05) is 26.1 Å². The molecular formula is C32H58N12O10. The van der Waals surface area contributed by atoms with Gasteiger partial charge in [0.25, 0.3) is 0 Å². The number of nitrogens with one attached hydrogen (secondary N) is 4. The van der Waals surface area contributed by atoms with Crippen LogP contribution in [0.15, 0.2) is 9.98 Å². The number of guanidine groups is 2. The largest absolute Gasteiger partial charge is 0.481 e. The van der Waals surface area contributed by atoms with Gasteiger partial charge in [-0.1, -0.05) is 13.8 Å². The molecule has 0 saturated carbocycles. The minimum absolute atomic E-state index is 0.0370. The highest BCUT2D eigenvalue weighted by Crippen LogP contribution is 2.20. The van der Waals surface area contributed by atoms with E-state index in [9.17, 15) is 48.9 Å². The predicted octanol–water partition coefficient (Wildman–Crippen LogP) is -4.27. The van der Waals surface area contributed by atoms with E-state index in [4.69, 9.17) is 28.7 Å². The molecule has 22 heteroatoms. The molecule has 1 aliphatic rings. The van der Waals surface area contributed by atoms with Gasteiger partial charge in [-0.3, -0.25) is 38.8 Å². The number of hydrogen-bond donors (Lipinski definition) is 12. The monoisotopic (exact) mass is 770 g/mol. The lowest BCUT2D eigenvalue weighted by atomic mass is 10.0. The topological polar surface area (TPSA) is 386 Å². The molecular weight excluding hydrogens is 712 g/mol. The number of carbonyl (C=O) groups is 7. The molecule has 0 aromatic heterocycles. The van der Waals surface area contributed by atoms with Crippen molar-refractivity contribution in [3.8, 4) is 0 Å². The summed E-state index contributed by atoms with van der Waals surface area (Å²) >= 11 is 0. The van der Waals surface area contributed by atoms with Crippen molar-refractivity contribution in [3.63, 3.8) is 0 Å². The molecule has 1 rings (SSSR count). The van der Waals surface area contributed by atoms with Gasteiger partial charge in [-0.05, 0) is 64.2 Å². The molecule has 5 amide bonds.